The van der Waals surface area contributed by atoms with Gasteiger partial charge in [-0.2, -0.15) is 4.98 Å². The molecule has 2 saturated heterocycles. The molecule has 0 amide bonds. The van der Waals surface area contributed by atoms with Crippen LogP contribution in [-0.2, 0) is 0 Å². The highest BCUT2D eigenvalue weighted by Crippen LogP contribution is 2.32. The molecule has 0 saturated carbocycles. The smallest absolute Gasteiger partial charge is 0.233 e. The van der Waals surface area contributed by atoms with E-state index in [0.717, 1.165) is 18.9 Å². The van der Waals surface area contributed by atoms with Gasteiger partial charge in [0.1, 0.15) is 0 Å². The Bertz CT molecular complexity index is 395. The quantitative estimate of drug-likeness (QED) is 0.720. The van der Waals surface area contributed by atoms with Crippen molar-refractivity contribution in [2.75, 3.05) is 32.1 Å². The van der Waals surface area contributed by atoms with Gasteiger partial charge in [0.25, 0.3) is 0 Å². The zero-order valence-electron chi connectivity index (χ0n) is 9.63. The summed E-state index contributed by atoms with van der Waals surface area (Å²) < 4.78 is 5.10. The lowest BCUT2D eigenvalue weighted by Gasteiger charge is -2.32. The summed E-state index contributed by atoms with van der Waals surface area (Å²) in [7, 11) is 3.82. The van der Waals surface area contributed by atoms with Crippen LogP contribution in [0.5, 0.6) is 5.88 Å². The number of hydrogen-bond donors (Lipinski definition) is 0. The van der Waals surface area contributed by atoms with E-state index in [1.54, 1.807) is 13.3 Å². The largest absolute Gasteiger partial charge is 0.480 e. The van der Waals surface area contributed by atoms with Gasteiger partial charge in [-0.05, 0) is 13.5 Å². The van der Waals surface area contributed by atoms with Gasteiger partial charge in [0.2, 0.25) is 5.88 Å². The Labute approximate surface area is 95.0 Å². The van der Waals surface area contributed by atoms with Crippen molar-refractivity contribution >= 4 is 5.82 Å². The lowest BCUT2D eigenvalue weighted by atomic mass is 10.2. The van der Waals surface area contributed by atoms with Crippen LogP contribution in [0, 0.1) is 0 Å². The fraction of sp³-hybridized carbons (Fsp3) is 0.636. The van der Waals surface area contributed by atoms with Crippen molar-refractivity contribution in [2.45, 2.75) is 18.5 Å². The van der Waals surface area contributed by atoms with Crippen molar-refractivity contribution in [1.29, 1.82) is 0 Å². The molecule has 3 heterocycles. The lowest BCUT2D eigenvalue weighted by Crippen LogP contribution is -2.44. The molecule has 1 aromatic heterocycles. The Kier molecular flexibility index (Phi) is 2.21. The first-order valence-corrected chi connectivity index (χ1v) is 5.61. The van der Waals surface area contributed by atoms with Crippen LogP contribution in [0.25, 0.3) is 0 Å². The number of ether oxygens (including phenoxy) is 1. The third-order valence-corrected chi connectivity index (χ3v) is 3.62. The van der Waals surface area contributed by atoms with Crippen LogP contribution in [0.1, 0.15) is 6.42 Å². The van der Waals surface area contributed by atoms with Crippen LogP contribution in [0.3, 0.4) is 0 Å². The Hall–Kier alpha value is -1.36. The molecule has 0 N–H and O–H groups in total. The molecule has 0 spiro atoms. The van der Waals surface area contributed by atoms with Crippen LogP contribution >= 0.6 is 0 Å². The maximum atomic E-state index is 5.10. The molecule has 1 unspecified atom stereocenters. The van der Waals surface area contributed by atoms with E-state index < -0.39 is 0 Å². The molecular weight excluding hydrogens is 204 g/mol. The summed E-state index contributed by atoms with van der Waals surface area (Å²) in [5.41, 5.74) is 0. The molecule has 0 radical (unpaired) electrons. The minimum Gasteiger partial charge on any atom is -0.480 e. The summed E-state index contributed by atoms with van der Waals surface area (Å²) in [5, 5.41) is 0. The Morgan fingerprint density at radius 2 is 2.19 bits per heavy atom. The van der Waals surface area contributed by atoms with Crippen LogP contribution < -0.4 is 9.64 Å². The third kappa shape index (κ3) is 1.43. The number of piperazine rings is 1. The van der Waals surface area contributed by atoms with E-state index in [1.165, 1.54) is 6.42 Å². The molecule has 16 heavy (non-hydrogen) atoms. The van der Waals surface area contributed by atoms with Gasteiger partial charge in [0, 0.05) is 25.2 Å². The molecule has 5 heteroatoms. The molecule has 2 fully saturated rings. The molecule has 2 atom stereocenters. The Morgan fingerprint density at radius 3 is 2.81 bits per heavy atom. The molecule has 1 aromatic rings. The summed E-state index contributed by atoms with van der Waals surface area (Å²) >= 11 is 0. The highest BCUT2D eigenvalue weighted by molar-refractivity contribution is 5.42. The first-order chi connectivity index (χ1) is 7.78. The van der Waals surface area contributed by atoms with Gasteiger partial charge in [-0.3, -0.25) is 9.88 Å². The molecule has 5 nitrogen and oxygen atoms in total. The highest BCUT2D eigenvalue weighted by Gasteiger charge is 2.42. The Morgan fingerprint density at radius 1 is 1.31 bits per heavy atom. The maximum Gasteiger partial charge on any atom is 0.233 e. The van der Waals surface area contributed by atoms with Crippen LogP contribution in [-0.4, -0.2) is 54.2 Å². The number of hydrogen-bond acceptors (Lipinski definition) is 5. The summed E-state index contributed by atoms with van der Waals surface area (Å²) in [6.45, 7) is 2.19. The van der Waals surface area contributed by atoms with Gasteiger partial charge in [0.15, 0.2) is 5.82 Å². The van der Waals surface area contributed by atoms with Gasteiger partial charge in [-0.25, -0.2) is 0 Å². The number of fused-ring (bicyclic) bond motifs is 2. The van der Waals surface area contributed by atoms with Crippen molar-refractivity contribution in [2.24, 2.45) is 0 Å². The molecule has 86 valence electrons. The normalized spacial score (nSPS) is 28.8. The summed E-state index contributed by atoms with van der Waals surface area (Å²) in [6.07, 6.45) is 4.71. The number of methoxy groups -OCH3 is 1. The second kappa shape index (κ2) is 3.59. The maximum absolute atomic E-state index is 5.10. The highest BCUT2D eigenvalue weighted by atomic mass is 16.5. The van der Waals surface area contributed by atoms with Crippen molar-refractivity contribution in [3.05, 3.63) is 12.4 Å². The number of aromatic nitrogens is 2. The van der Waals surface area contributed by atoms with Crippen LogP contribution in [0.4, 0.5) is 5.82 Å². The molecule has 0 aliphatic carbocycles. The predicted octanol–water partition coefficient (Wildman–Crippen LogP) is 0.378. The van der Waals surface area contributed by atoms with Crippen molar-refractivity contribution < 1.29 is 4.74 Å². The van der Waals surface area contributed by atoms with E-state index in [0.29, 0.717) is 18.0 Å². The predicted molar refractivity (Wildman–Crippen MR) is 60.8 cm³/mol. The Balaban J connectivity index is 1.83. The number of likely N-dealkylation sites (N-methyl/N-ethyl adjacent to an activating group) is 1. The lowest BCUT2D eigenvalue weighted by molar-refractivity contribution is 0.291. The topological polar surface area (TPSA) is 41.5 Å². The zero-order valence-corrected chi connectivity index (χ0v) is 9.63. The molecule has 2 aliphatic rings. The molecule has 2 bridgehead atoms. The fourth-order valence-electron chi connectivity index (χ4n) is 2.72. The first-order valence-electron chi connectivity index (χ1n) is 5.61. The summed E-state index contributed by atoms with van der Waals surface area (Å²) in [6, 6.07) is 1.27. The average Bonchev–Trinajstić information content (AvgIpc) is 2.88. The SMILES string of the molecule is COc1cncc(N2C[C@@H]3CC2CN3C)n1. The third-order valence-electron chi connectivity index (χ3n) is 3.62. The van der Waals surface area contributed by atoms with Crippen molar-refractivity contribution in [1.82, 2.24) is 14.9 Å². The average molecular weight is 220 g/mol. The van der Waals surface area contributed by atoms with E-state index in [-0.39, 0.29) is 0 Å². The monoisotopic (exact) mass is 220 g/mol. The summed E-state index contributed by atoms with van der Waals surface area (Å²) in [5.74, 6) is 1.54. The van der Waals surface area contributed by atoms with Crippen LogP contribution in [0.2, 0.25) is 0 Å². The fourth-order valence-corrected chi connectivity index (χ4v) is 2.72. The van der Waals surface area contributed by atoms with Gasteiger partial charge < -0.3 is 9.64 Å². The first kappa shape index (κ1) is 9.84. The minimum atomic E-state index is 0.591. The van der Waals surface area contributed by atoms with E-state index in [1.807, 2.05) is 6.20 Å². The van der Waals surface area contributed by atoms with Gasteiger partial charge in [-0.1, -0.05) is 0 Å². The number of likely N-dealkylation sites (tertiary alicyclic amines) is 1. The second-order valence-corrected chi connectivity index (χ2v) is 4.55. The van der Waals surface area contributed by atoms with E-state index in [4.69, 9.17) is 4.74 Å². The van der Waals surface area contributed by atoms with E-state index in [9.17, 15) is 0 Å². The number of rotatable bonds is 2. The zero-order chi connectivity index (χ0) is 11.1. The number of nitrogens with zero attached hydrogens (tertiary/aromatic N) is 4. The van der Waals surface area contributed by atoms with Gasteiger partial charge in [0.05, 0.1) is 19.5 Å². The van der Waals surface area contributed by atoms with Crippen molar-refractivity contribution in [3.8, 4) is 5.88 Å². The van der Waals surface area contributed by atoms with Crippen LogP contribution in [0.15, 0.2) is 12.4 Å². The van der Waals surface area contributed by atoms with Gasteiger partial charge >= 0.3 is 0 Å². The molecular formula is C11H16N4O. The minimum absolute atomic E-state index is 0.591. The standard InChI is InChI=1S/C11H16N4O/c1-14-6-9-3-8(14)7-15(9)10-4-12-5-11(13-10)16-2/h4-5,8-9H,3,6-7H2,1-2H3/t8-,9?/m0/s1. The molecule has 2 aliphatic heterocycles. The van der Waals surface area contributed by atoms with Crippen molar-refractivity contribution in [3.63, 3.8) is 0 Å². The molecule has 0 aromatic carbocycles. The second-order valence-electron chi connectivity index (χ2n) is 4.55. The number of anilines is 1. The van der Waals surface area contributed by atoms with E-state index >= 15 is 0 Å². The van der Waals surface area contributed by atoms with E-state index in [2.05, 4.69) is 26.8 Å². The van der Waals surface area contributed by atoms with Gasteiger partial charge in [-0.15, -0.1) is 0 Å². The summed E-state index contributed by atoms with van der Waals surface area (Å²) in [4.78, 5) is 13.4. The molecule has 3 rings (SSSR count).